The standard InChI is InChI=1S/C11H22N2O3/c1-11(2,3)16-10(15)13-8-4-7(5-8)9(14)6-12/h7-9,14H,4-6,12H2,1-3H3,(H,13,15)/t7-,8-,9?. The zero-order valence-corrected chi connectivity index (χ0v) is 10.2. The third-order valence-electron chi connectivity index (χ3n) is 2.68. The molecule has 5 nitrogen and oxygen atoms in total. The molecule has 1 fully saturated rings. The lowest BCUT2D eigenvalue weighted by atomic mass is 9.77. The number of amides is 1. The third kappa shape index (κ3) is 3.98. The maximum atomic E-state index is 11.4. The molecule has 0 bridgehead atoms. The summed E-state index contributed by atoms with van der Waals surface area (Å²) in [6.07, 6.45) is 0.713. The highest BCUT2D eigenvalue weighted by molar-refractivity contribution is 5.68. The number of rotatable bonds is 3. The molecule has 0 aliphatic heterocycles. The number of ether oxygens (including phenoxy) is 1. The van der Waals surface area contributed by atoms with E-state index in [-0.39, 0.29) is 18.5 Å². The molecule has 4 N–H and O–H groups in total. The molecule has 1 aliphatic rings. The lowest BCUT2D eigenvalue weighted by Gasteiger charge is -2.38. The summed E-state index contributed by atoms with van der Waals surface area (Å²) < 4.78 is 5.13. The molecule has 1 amide bonds. The topological polar surface area (TPSA) is 84.6 Å². The number of aliphatic hydroxyl groups is 1. The second-order valence-corrected chi connectivity index (χ2v) is 5.38. The molecular weight excluding hydrogens is 208 g/mol. The van der Waals surface area contributed by atoms with Crippen LogP contribution in [0.15, 0.2) is 0 Å². The van der Waals surface area contributed by atoms with Gasteiger partial charge in [0.1, 0.15) is 5.60 Å². The van der Waals surface area contributed by atoms with Crippen molar-refractivity contribution in [2.75, 3.05) is 6.54 Å². The van der Waals surface area contributed by atoms with E-state index in [0.717, 1.165) is 12.8 Å². The maximum Gasteiger partial charge on any atom is 0.407 e. The number of hydrogen-bond acceptors (Lipinski definition) is 4. The average molecular weight is 230 g/mol. The molecule has 0 radical (unpaired) electrons. The summed E-state index contributed by atoms with van der Waals surface area (Å²) >= 11 is 0. The van der Waals surface area contributed by atoms with Gasteiger partial charge < -0.3 is 20.9 Å². The zero-order chi connectivity index (χ0) is 12.3. The van der Waals surface area contributed by atoms with Gasteiger partial charge in [-0.3, -0.25) is 0 Å². The van der Waals surface area contributed by atoms with Crippen molar-refractivity contribution in [3.05, 3.63) is 0 Å². The van der Waals surface area contributed by atoms with E-state index in [4.69, 9.17) is 10.5 Å². The highest BCUT2D eigenvalue weighted by atomic mass is 16.6. The Morgan fingerprint density at radius 2 is 2.12 bits per heavy atom. The summed E-state index contributed by atoms with van der Waals surface area (Å²) in [5.41, 5.74) is 4.88. The van der Waals surface area contributed by atoms with Crippen molar-refractivity contribution in [3.8, 4) is 0 Å². The van der Waals surface area contributed by atoms with Crippen LogP contribution in [-0.4, -0.2) is 35.5 Å². The van der Waals surface area contributed by atoms with E-state index >= 15 is 0 Å². The minimum Gasteiger partial charge on any atom is -0.444 e. The zero-order valence-electron chi connectivity index (χ0n) is 10.2. The minimum absolute atomic E-state index is 0.112. The van der Waals surface area contributed by atoms with Gasteiger partial charge in [0.25, 0.3) is 0 Å². The molecule has 1 saturated carbocycles. The number of alkyl carbamates (subject to hydrolysis) is 1. The first kappa shape index (κ1) is 13.3. The molecule has 94 valence electrons. The molecule has 0 aromatic carbocycles. The van der Waals surface area contributed by atoms with Gasteiger partial charge in [-0.05, 0) is 39.5 Å². The number of carbonyl (C=O) groups is 1. The largest absolute Gasteiger partial charge is 0.444 e. The first-order valence-electron chi connectivity index (χ1n) is 5.69. The predicted octanol–water partition coefficient (Wildman–Crippen LogP) is 0.609. The lowest BCUT2D eigenvalue weighted by Crippen LogP contribution is -2.50. The van der Waals surface area contributed by atoms with Gasteiger partial charge in [0.05, 0.1) is 6.10 Å². The summed E-state index contributed by atoms with van der Waals surface area (Å²) in [7, 11) is 0. The number of hydrogen-bond donors (Lipinski definition) is 3. The quantitative estimate of drug-likeness (QED) is 0.663. The Balaban J connectivity index is 2.20. The number of aliphatic hydroxyl groups excluding tert-OH is 1. The van der Waals surface area contributed by atoms with Gasteiger partial charge in [-0.25, -0.2) is 4.79 Å². The van der Waals surface area contributed by atoms with Crippen molar-refractivity contribution in [2.24, 2.45) is 11.7 Å². The van der Waals surface area contributed by atoms with E-state index in [2.05, 4.69) is 5.32 Å². The van der Waals surface area contributed by atoms with Crippen molar-refractivity contribution in [2.45, 2.75) is 51.4 Å². The molecule has 0 saturated heterocycles. The summed E-state index contributed by atoms with van der Waals surface area (Å²) in [6.45, 7) is 5.76. The number of nitrogens with two attached hydrogens (primary N) is 1. The van der Waals surface area contributed by atoms with Crippen LogP contribution in [0.3, 0.4) is 0 Å². The van der Waals surface area contributed by atoms with Crippen LogP contribution in [0.4, 0.5) is 4.79 Å². The first-order chi connectivity index (χ1) is 7.31. The number of nitrogens with one attached hydrogen (secondary N) is 1. The van der Waals surface area contributed by atoms with Crippen molar-refractivity contribution in [1.29, 1.82) is 0 Å². The molecule has 16 heavy (non-hydrogen) atoms. The van der Waals surface area contributed by atoms with Crippen LogP contribution in [0.2, 0.25) is 0 Å². The van der Waals surface area contributed by atoms with Gasteiger partial charge in [-0.15, -0.1) is 0 Å². The summed E-state index contributed by atoms with van der Waals surface area (Å²) in [5, 5.41) is 12.2. The van der Waals surface area contributed by atoms with Crippen molar-refractivity contribution in [3.63, 3.8) is 0 Å². The maximum absolute atomic E-state index is 11.4. The molecule has 0 heterocycles. The summed E-state index contributed by atoms with van der Waals surface area (Å²) in [6, 6.07) is 0.112. The van der Waals surface area contributed by atoms with Crippen LogP contribution < -0.4 is 11.1 Å². The molecule has 1 aliphatic carbocycles. The Kier molecular flexibility index (Phi) is 4.15. The average Bonchev–Trinajstić information content (AvgIpc) is 2.06. The van der Waals surface area contributed by atoms with Crippen LogP contribution >= 0.6 is 0 Å². The second-order valence-electron chi connectivity index (χ2n) is 5.38. The molecule has 1 rings (SSSR count). The van der Waals surface area contributed by atoms with Crippen LogP contribution in [-0.2, 0) is 4.74 Å². The molecular formula is C11H22N2O3. The highest BCUT2D eigenvalue weighted by Gasteiger charge is 2.35. The monoisotopic (exact) mass is 230 g/mol. The molecule has 0 aromatic heterocycles. The fraction of sp³-hybridized carbons (Fsp3) is 0.909. The molecule has 1 atom stereocenters. The van der Waals surface area contributed by atoms with Gasteiger partial charge in [-0.2, -0.15) is 0 Å². The fourth-order valence-electron chi connectivity index (χ4n) is 1.76. The lowest BCUT2D eigenvalue weighted by molar-refractivity contribution is 0.0266. The summed E-state index contributed by atoms with van der Waals surface area (Å²) in [5.74, 6) is 0.213. The smallest absolute Gasteiger partial charge is 0.407 e. The van der Waals surface area contributed by atoms with E-state index in [1.54, 1.807) is 0 Å². The van der Waals surface area contributed by atoms with Crippen LogP contribution in [0.25, 0.3) is 0 Å². The Morgan fingerprint density at radius 3 is 2.56 bits per heavy atom. The number of carbonyl (C=O) groups excluding carboxylic acids is 1. The van der Waals surface area contributed by atoms with Gasteiger partial charge in [0.2, 0.25) is 0 Å². The summed E-state index contributed by atoms with van der Waals surface area (Å²) in [4.78, 5) is 11.4. The van der Waals surface area contributed by atoms with Gasteiger partial charge in [0.15, 0.2) is 0 Å². The van der Waals surface area contributed by atoms with E-state index in [1.807, 2.05) is 20.8 Å². The van der Waals surface area contributed by atoms with Crippen molar-refractivity contribution >= 4 is 6.09 Å². The van der Waals surface area contributed by atoms with E-state index < -0.39 is 17.8 Å². The van der Waals surface area contributed by atoms with Crippen LogP contribution in [0, 0.1) is 5.92 Å². The second kappa shape index (κ2) is 5.01. The van der Waals surface area contributed by atoms with E-state index in [9.17, 15) is 9.90 Å². The molecule has 5 heteroatoms. The molecule has 1 unspecified atom stereocenters. The molecule has 0 spiro atoms. The Labute approximate surface area is 96.3 Å². The van der Waals surface area contributed by atoms with E-state index in [1.165, 1.54) is 0 Å². The van der Waals surface area contributed by atoms with Crippen molar-refractivity contribution < 1.29 is 14.6 Å². The van der Waals surface area contributed by atoms with Crippen LogP contribution in [0.5, 0.6) is 0 Å². The van der Waals surface area contributed by atoms with Gasteiger partial charge in [0, 0.05) is 12.6 Å². The predicted molar refractivity (Wildman–Crippen MR) is 60.9 cm³/mol. The Bertz CT molecular complexity index is 244. The van der Waals surface area contributed by atoms with Crippen molar-refractivity contribution in [1.82, 2.24) is 5.32 Å². The highest BCUT2D eigenvalue weighted by Crippen LogP contribution is 2.30. The van der Waals surface area contributed by atoms with Gasteiger partial charge in [-0.1, -0.05) is 0 Å². The van der Waals surface area contributed by atoms with E-state index in [0.29, 0.717) is 0 Å². The van der Waals surface area contributed by atoms with Crippen LogP contribution in [0.1, 0.15) is 33.6 Å². The first-order valence-corrected chi connectivity index (χ1v) is 5.69. The molecule has 0 aromatic rings. The normalized spacial score (nSPS) is 26.8. The Morgan fingerprint density at radius 1 is 1.56 bits per heavy atom. The minimum atomic E-state index is -0.468. The SMILES string of the molecule is CC(C)(C)OC(=O)N[C@H]1C[C@H](C(O)CN)C1. The van der Waals surface area contributed by atoms with Gasteiger partial charge >= 0.3 is 6.09 Å². The third-order valence-corrected chi connectivity index (χ3v) is 2.68. The fourth-order valence-corrected chi connectivity index (χ4v) is 1.76. The Hall–Kier alpha value is -0.810.